The number of amidine groups is 2. The van der Waals surface area contributed by atoms with Gasteiger partial charge in [0.25, 0.3) is 0 Å². The number of nitriles is 1. The third-order valence-corrected chi connectivity index (χ3v) is 27.6. The van der Waals surface area contributed by atoms with Crippen molar-refractivity contribution in [3.05, 3.63) is 117 Å². The van der Waals surface area contributed by atoms with Gasteiger partial charge in [-0.15, -0.1) is 10.2 Å². The molecule has 4 aromatic carbocycles. The molecule has 10 aliphatic rings. The van der Waals surface area contributed by atoms with E-state index in [0.717, 1.165) is 217 Å². The quantitative estimate of drug-likeness (QED) is 0.0504. The predicted octanol–water partition coefficient (Wildman–Crippen LogP) is 9.83. The molecule has 31 heteroatoms. The molecule has 4 saturated heterocycles. The highest BCUT2D eigenvalue weighted by atomic mass is 32.2. The van der Waals surface area contributed by atoms with Crippen LogP contribution in [0.15, 0.2) is 104 Å². The highest BCUT2D eigenvalue weighted by Gasteiger charge is 2.30. The van der Waals surface area contributed by atoms with Crippen LogP contribution in [-0.2, 0) is 92.0 Å². The maximum Gasteiger partial charge on any atom is 0.211 e. The minimum Gasteiger partial charge on any atom is -0.494 e. The predicted molar refractivity (Wildman–Crippen MR) is 419 cm³/mol. The Balaban J connectivity index is 0.000000144. The molecule has 0 unspecified atom stereocenters. The summed E-state index contributed by atoms with van der Waals surface area (Å²) in [6, 6.07) is 24.1. The molecule has 10 heterocycles. The van der Waals surface area contributed by atoms with E-state index in [-0.39, 0.29) is 0 Å². The number of ether oxygens (including phenoxy) is 4. The number of hydrogen-bond acceptors (Lipinski definition) is 23. The molecule has 0 amide bonds. The molecule has 592 valence electrons. The van der Waals surface area contributed by atoms with Crippen molar-refractivity contribution in [1.29, 1.82) is 5.26 Å². The van der Waals surface area contributed by atoms with Gasteiger partial charge in [0.1, 0.15) is 36.1 Å². The molecule has 0 spiro atoms. The van der Waals surface area contributed by atoms with E-state index in [4.69, 9.17) is 24.2 Å². The number of nitrogens with zero attached hydrogens (tertiary/aromatic N) is 14. The first-order chi connectivity index (χ1) is 51.9. The lowest BCUT2D eigenvalue weighted by atomic mass is 9.92. The van der Waals surface area contributed by atoms with Crippen LogP contribution in [0.1, 0.15) is 147 Å². The fourth-order valence-corrected chi connectivity index (χ4v) is 19.1. The summed E-state index contributed by atoms with van der Waals surface area (Å²) < 4.78 is 124. The Labute approximate surface area is 641 Å². The second-order valence-electron chi connectivity index (χ2n) is 30.5. The van der Waals surface area contributed by atoms with Gasteiger partial charge < -0.3 is 39.0 Å². The summed E-state index contributed by atoms with van der Waals surface area (Å²) in [6.45, 7) is 16.5. The van der Waals surface area contributed by atoms with Crippen molar-refractivity contribution in [2.75, 3.05) is 143 Å². The van der Waals surface area contributed by atoms with Gasteiger partial charge in [-0.05, 0) is 269 Å². The normalized spacial score (nSPS) is 20.0. The molecule has 4 aromatic rings. The summed E-state index contributed by atoms with van der Waals surface area (Å²) in [7, 11) is -12.5. The van der Waals surface area contributed by atoms with E-state index in [1.54, 1.807) is 0 Å². The lowest BCUT2D eigenvalue weighted by molar-refractivity contribution is 0.224. The van der Waals surface area contributed by atoms with E-state index < -0.39 is 40.1 Å². The molecule has 0 aromatic heterocycles. The van der Waals surface area contributed by atoms with Crippen molar-refractivity contribution in [1.82, 2.24) is 37.2 Å². The summed E-state index contributed by atoms with van der Waals surface area (Å²) in [5.74, 6) is 8.62. The molecule has 0 saturated carbocycles. The van der Waals surface area contributed by atoms with Crippen LogP contribution in [0.25, 0.3) is 0 Å². The van der Waals surface area contributed by atoms with Crippen LogP contribution in [-0.4, -0.2) is 220 Å². The number of benzene rings is 4. The fourth-order valence-electron chi connectivity index (χ4n) is 16.0. The van der Waals surface area contributed by atoms with Gasteiger partial charge in [-0.2, -0.15) is 32.7 Å². The van der Waals surface area contributed by atoms with Crippen LogP contribution in [0.4, 0.5) is 0 Å². The van der Waals surface area contributed by atoms with E-state index in [9.17, 15) is 33.7 Å². The van der Waals surface area contributed by atoms with Crippen molar-refractivity contribution < 1.29 is 52.6 Å². The van der Waals surface area contributed by atoms with Gasteiger partial charge in [0.2, 0.25) is 40.1 Å². The number of likely N-dealkylation sites (tertiary alicyclic amines) is 3. The fraction of sp³-hybridized carbons (Fsp3) is 0.649. The second-order valence-corrected chi connectivity index (χ2v) is 38.4. The molecule has 10 aliphatic heterocycles. The lowest BCUT2D eigenvalue weighted by Crippen LogP contribution is -2.39. The van der Waals surface area contributed by atoms with Gasteiger partial charge in [0.05, 0.1) is 51.5 Å². The van der Waals surface area contributed by atoms with Crippen LogP contribution >= 0.6 is 0 Å². The van der Waals surface area contributed by atoms with Crippen molar-refractivity contribution in [2.45, 2.75) is 155 Å². The summed E-state index contributed by atoms with van der Waals surface area (Å²) in [6.07, 6.45) is 28.8. The number of fused-ring (bicyclic) bond motifs is 4. The Hall–Kier alpha value is -6.89. The van der Waals surface area contributed by atoms with Crippen LogP contribution < -0.4 is 24.3 Å². The maximum atomic E-state index is 11.7. The van der Waals surface area contributed by atoms with Gasteiger partial charge in [0.15, 0.2) is 17.9 Å². The minimum atomic E-state index is -3.13. The summed E-state index contributed by atoms with van der Waals surface area (Å²) >= 11 is 0. The van der Waals surface area contributed by atoms with E-state index >= 15 is 0 Å². The molecule has 27 nitrogen and oxygen atoms in total. The van der Waals surface area contributed by atoms with Crippen LogP contribution in [0.3, 0.4) is 0 Å². The zero-order chi connectivity index (χ0) is 76.1. The first-order valence-corrected chi connectivity index (χ1v) is 46.4. The Bertz CT molecular complexity index is 4140. The van der Waals surface area contributed by atoms with E-state index in [2.05, 4.69) is 76.5 Å². The Morgan fingerprint density at radius 1 is 0.389 bits per heavy atom. The number of rotatable bonds is 24. The molecule has 1 N–H and O–H groups in total. The van der Waals surface area contributed by atoms with Crippen molar-refractivity contribution in [2.24, 2.45) is 54.5 Å². The first-order valence-electron chi connectivity index (χ1n) is 39.0. The molecular weight excluding hydrogens is 1460 g/mol. The standard InChI is InChI=1S/2C20H29N5O3S.C19H27N3O3S.C18H28N2O3S/c2*1-29(26,27)25-11-8-17-13-19(5-4-18(17)15-25)28-12-2-3-16-6-9-24(10-7-16)20-14-21-23-22-20;1-26(23,24)22-11-8-17-13-19(5-4-18(17)14-22)25-12-2-3-16-6-9-21(15-20)10-7-16;1-24(21,22)20-11-8-16-13-18(5-4-17(16)14-20)23-12-2-3-15-6-9-19-10-7-15/h2*4-5,13,16H,2-3,6-12,14-15H2,1H3;4-5,13,16H,2-3,6-12,14H2,1H3;4-5,13,15,19H,2-3,6-12,14H2,1H3. The van der Waals surface area contributed by atoms with Gasteiger partial charge in [0, 0.05) is 91.6 Å². The Morgan fingerprint density at radius 2 is 0.667 bits per heavy atom. The summed E-state index contributed by atoms with van der Waals surface area (Å²) in [4.78, 5) is 6.46. The molecule has 0 radical (unpaired) electrons. The highest BCUT2D eigenvalue weighted by Crippen LogP contribution is 2.32. The molecule has 0 aliphatic carbocycles. The SMILES string of the molecule is CS(=O)(=O)N1CCc2cc(OCCCC3CCN(C#N)CC3)ccc2C1.CS(=O)(=O)N1CCc2cc(OCCCC3CCN(C4=NN=NC4)CC3)ccc2C1.CS(=O)(=O)N1CCc2cc(OCCCC3CCN(C4=NN=NC4)CC3)ccc2C1.CS(=O)(=O)N1CCc2cc(OCCCC3CCNCC3)ccc2C1. The zero-order valence-corrected chi connectivity index (χ0v) is 67.0. The van der Waals surface area contributed by atoms with Crippen molar-refractivity contribution in [3.63, 3.8) is 0 Å². The Morgan fingerprint density at radius 3 is 0.926 bits per heavy atom. The summed E-state index contributed by atoms with van der Waals surface area (Å²) in [5.41, 5.74) is 9.11. The number of nitrogens with one attached hydrogen (secondary N) is 1. The van der Waals surface area contributed by atoms with Crippen molar-refractivity contribution >= 4 is 51.8 Å². The number of hydrogen-bond donors (Lipinski definition) is 1. The first kappa shape index (κ1) is 82.1. The van der Waals surface area contributed by atoms with E-state index in [1.165, 1.54) is 122 Å². The average Bonchev–Trinajstić information content (AvgIpc) is 1.14. The minimum absolute atomic E-state index is 0.454. The third-order valence-electron chi connectivity index (χ3n) is 22.6. The third kappa shape index (κ3) is 25.1. The smallest absolute Gasteiger partial charge is 0.211 e. The average molecular weight is 1570 g/mol. The largest absolute Gasteiger partial charge is 0.494 e. The topological polar surface area (TPSA) is 306 Å². The van der Waals surface area contributed by atoms with Crippen LogP contribution in [0.5, 0.6) is 23.0 Å². The maximum absolute atomic E-state index is 11.7. The second kappa shape index (κ2) is 39.3. The molecule has 14 rings (SSSR count). The van der Waals surface area contributed by atoms with Gasteiger partial charge in [-0.1, -0.05) is 24.3 Å². The van der Waals surface area contributed by atoms with Gasteiger partial charge >= 0.3 is 0 Å². The monoisotopic (exact) mass is 1570 g/mol. The van der Waals surface area contributed by atoms with Gasteiger partial charge in [-0.3, -0.25) is 0 Å². The Kier molecular flexibility index (Phi) is 29.9. The van der Waals surface area contributed by atoms with Crippen molar-refractivity contribution in [3.8, 4) is 29.2 Å². The van der Waals surface area contributed by atoms with Crippen LogP contribution in [0, 0.1) is 35.1 Å². The number of sulfonamides is 4. The molecular formula is C77H113N15O12S4. The van der Waals surface area contributed by atoms with Gasteiger partial charge in [-0.25, -0.2) is 33.7 Å². The van der Waals surface area contributed by atoms with Crippen LogP contribution in [0.2, 0.25) is 0 Å². The highest BCUT2D eigenvalue weighted by molar-refractivity contribution is 7.89. The summed E-state index contributed by atoms with van der Waals surface area (Å²) in [5, 5.41) is 35.7. The molecule has 0 atom stereocenters. The molecule has 108 heavy (non-hydrogen) atoms. The number of piperidine rings is 4. The molecule has 4 fully saturated rings. The molecule has 0 bridgehead atoms. The van der Waals surface area contributed by atoms with E-state index in [0.29, 0.717) is 78.0 Å². The zero-order valence-electron chi connectivity index (χ0n) is 63.7. The lowest BCUT2D eigenvalue weighted by Gasteiger charge is -2.32. The van der Waals surface area contributed by atoms with E-state index in [1.807, 2.05) is 53.4 Å².